The maximum atomic E-state index is 14.3. The molecule has 1 N–H and O–H groups in total. The second-order valence-corrected chi connectivity index (χ2v) is 6.06. The molecule has 1 aromatic heterocycles. The Morgan fingerprint density at radius 2 is 2.00 bits per heavy atom. The predicted octanol–water partition coefficient (Wildman–Crippen LogP) is 3.43. The molecule has 0 saturated heterocycles. The lowest BCUT2D eigenvalue weighted by Gasteiger charge is -2.21. The third-order valence-electron chi connectivity index (χ3n) is 4.28. The second kappa shape index (κ2) is 6.53. The van der Waals surface area contributed by atoms with E-state index in [4.69, 9.17) is 4.74 Å². The Balaban J connectivity index is 1.55. The van der Waals surface area contributed by atoms with Gasteiger partial charge in [-0.1, -0.05) is 19.3 Å². The van der Waals surface area contributed by atoms with Gasteiger partial charge in [-0.25, -0.2) is 9.37 Å². The minimum Gasteiger partial charge on any atom is -0.475 e. The summed E-state index contributed by atoms with van der Waals surface area (Å²) in [6, 6.07) is 2.31. The van der Waals surface area contributed by atoms with Gasteiger partial charge >= 0.3 is 0 Å². The standard InChI is InChI=1S/C16H23FN2O/c17-15-13(10-19-14-6-7-14)8-9-18-16(15)20-11-12-4-2-1-3-5-12/h8-9,12,14,19H,1-7,10-11H2. The molecule has 0 spiro atoms. The van der Waals surface area contributed by atoms with Crippen LogP contribution >= 0.6 is 0 Å². The van der Waals surface area contributed by atoms with Gasteiger partial charge in [0.05, 0.1) is 6.61 Å². The highest BCUT2D eigenvalue weighted by Gasteiger charge is 2.21. The molecule has 110 valence electrons. The van der Waals surface area contributed by atoms with Crippen molar-refractivity contribution in [3.05, 3.63) is 23.6 Å². The Morgan fingerprint density at radius 3 is 2.75 bits per heavy atom. The smallest absolute Gasteiger partial charge is 0.250 e. The molecule has 0 bridgehead atoms. The summed E-state index contributed by atoms with van der Waals surface area (Å²) in [7, 11) is 0. The van der Waals surface area contributed by atoms with Gasteiger partial charge < -0.3 is 10.1 Å². The lowest BCUT2D eigenvalue weighted by Crippen LogP contribution is -2.18. The van der Waals surface area contributed by atoms with E-state index in [9.17, 15) is 4.39 Å². The molecule has 0 amide bonds. The molecular weight excluding hydrogens is 255 g/mol. The Bertz CT molecular complexity index is 442. The van der Waals surface area contributed by atoms with Crippen molar-refractivity contribution in [2.75, 3.05) is 6.61 Å². The molecule has 1 aromatic rings. The van der Waals surface area contributed by atoms with Gasteiger partial charge in [0.1, 0.15) is 0 Å². The van der Waals surface area contributed by atoms with Crippen molar-refractivity contribution in [3.8, 4) is 5.88 Å². The molecule has 20 heavy (non-hydrogen) atoms. The lowest BCUT2D eigenvalue weighted by molar-refractivity contribution is 0.195. The molecule has 2 aliphatic rings. The topological polar surface area (TPSA) is 34.2 Å². The highest BCUT2D eigenvalue weighted by Crippen LogP contribution is 2.26. The average molecular weight is 278 g/mol. The van der Waals surface area contributed by atoms with Crippen LogP contribution in [0, 0.1) is 11.7 Å². The number of rotatable bonds is 6. The van der Waals surface area contributed by atoms with Gasteiger partial charge in [-0.3, -0.25) is 0 Å². The molecule has 0 aliphatic heterocycles. The van der Waals surface area contributed by atoms with E-state index in [2.05, 4.69) is 10.3 Å². The number of halogens is 1. The summed E-state index contributed by atoms with van der Waals surface area (Å²) in [4.78, 5) is 4.04. The fourth-order valence-electron chi connectivity index (χ4n) is 2.79. The number of hydrogen-bond donors (Lipinski definition) is 1. The van der Waals surface area contributed by atoms with Gasteiger partial charge in [0.25, 0.3) is 5.88 Å². The molecule has 2 aliphatic carbocycles. The molecular formula is C16H23FN2O. The number of nitrogens with one attached hydrogen (secondary N) is 1. The van der Waals surface area contributed by atoms with Crippen LogP contribution in [0.4, 0.5) is 4.39 Å². The minimum absolute atomic E-state index is 0.172. The number of nitrogens with zero attached hydrogens (tertiary/aromatic N) is 1. The minimum atomic E-state index is -0.295. The fraction of sp³-hybridized carbons (Fsp3) is 0.688. The molecule has 3 nitrogen and oxygen atoms in total. The van der Waals surface area contributed by atoms with Gasteiger partial charge in [-0.05, 0) is 37.7 Å². The first-order chi connectivity index (χ1) is 9.83. The maximum absolute atomic E-state index is 14.3. The van der Waals surface area contributed by atoms with Crippen LogP contribution in [0.2, 0.25) is 0 Å². The number of pyridine rings is 1. The van der Waals surface area contributed by atoms with Crippen molar-refractivity contribution in [2.45, 2.75) is 57.5 Å². The monoisotopic (exact) mass is 278 g/mol. The van der Waals surface area contributed by atoms with E-state index in [1.54, 1.807) is 12.3 Å². The summed E-state index contributed by atoms with van der Waals surface area (Å²) in [6.07, 6.45) is 10.3. The summed E-state index contributed by atoms with van der Waals surface area (Å²) in [6.45, 7) is 1.17. The first kappa shape index (κ1) is 13.8. The number of hydrogen-bond acceptors (Lipinski definition) is 3. The predicted molar refractivity (Wildman–Crippen MR) is 76.1 cm³/mol. The third kappa shape index (κ3) is 3.69. The molecule has 3 rings (SSSR count). The summed E-state index contributed by atoms with van der Waals surface area (Å²) in [5.74, 6) is 0.445. The van der Waals surface area contributed by atoms with Gasteiger partial charge in [0.15, 0.2) is 5.82 Å². The summed E-state index contributed by atoms with van der Waals surface area (Å²) < 4.78 is 19.9. The first-order valence-corrected chi connectivity index (χ1v) is 7.82. The van der Waals surface area contributed by atoms with E-state index >= 15 is 0 Å². The van der Waals surface area contributed by atoms with Gasteiger partial charge in [-0.15, -0.1) is 0 Å². The zero-order valence-corrected chi connectivity index (χ0v) is 11.9. The van der Waals surface area contributed by atoms with Crippen molar-refractivity contribution < 1.29 is 9.13 Å². The zero-order chi connectivity index (χ0) is 13.8. The van der Waals surface area contributed by atoms with Gasteiger partial charge in [-0.2, -0.15) is 0 Å². The lowest BCUT2D eigenvalue weighted by atomic mass is 9.90. The molecule has 2 fully saturated rings. The van der Waals surface area contributed by atoms with E-state index in [0.29, 0.717) is 30.7 Å². The molecule has 0 unspecified atom stereocenters. The zero-order valence-electron chi connectivity index (χ0n) is 11.9. The van der Waals surface area contributed by atoms with Crippen LogP contribution in [-0.2, 0) is 6.54 Å². The normalized spacial score (nSPS) is 20.1. The van der Waals surface area contributed by atoms with Crippen molar-refractivity contribution in [2.24, 2.45) is 5.92 Å². The quantitative estimate of drug-likeness (QED) is 0.865. The Labute approximate surface area is 119 Å². The molecule has 2 saturated carbocycles. The highest BCUT2D eigenvalue weighted by atomic mass is 19.1. The van der Waals surface area contributed by atoms with Gasteiger partial charge in [0.2, 0.25) is 0 Å². The van der Waals surface area contributed by atoms with Crippen LogP contribution in [0.1, 0.15) is 50.5 Å². The second-order valence-electron chi connectivity index (χ2n) is 6.06. The molecule has 1 heterocycles. The van der Waals surface area contributed by atoms with Crippen LogP contribution in [0.15, 0.2) is 12.3 Å². The fourth-order valence-corrected chi connectivity index (χ4v) is 2.79. The van der Waals surface area contributed by atoms with Crippen LogP contribution in [0.5, 0.6) is 5.88 Å². The Hall–Kier alpha value is -1.16. The van der Waals surface area contributed by atoms with Crippen molar-refractivity contribution in [3.63, 3.8) is 0 Å². The van der Waals surface area contributed by atoms with Gasteiger partial charge in [0, 0.05) is 24.3 Å². The van der Waals surface area contributed by atoms with E-state index < -0.39 is 0 Å². The largest absolute Gasteiger partial charge is 0.475 e. The van der Waals surface area contributed by atoms with E-state index in [1.807, 2.05) is 0 Å². The van der Waals surface area contributed by atoms with Crippen molar-refractivity contribution in [1.82, 2.24) is 10.3 Å². The Morgan fingerprint density at radius 1 is 1.20 bits per heavy atom. The number of ether oxygens (including phenoxy) is 1. The summed E-state index contributed by atoms with van der Waals surface area (Å²) in [5.41, 5.74) is 0.658. The molecule has 4 heteroatoms. The van der Waals surface area contributed by atoms with Crippen LogP contribution in [0.25, 0.3) is 0 Å². The number of aromatic nitrogens is 1. The van der Waals surface area contributed by atoms with E-state index in [0.717, 1.165) is 0 Å². The van der Waals surface area contributed by atoms with Crippen LogP contribution in [0.3, 0.4) is 0 Å². The van der Waals surface area contributed by atoms with Crippen LogP contribution in [-0.4, -0.2) is 17.6 Å². The molecule has 0 radical (unpaired) electrons. The van der Waals surface area contributed by atoms with Crippen LogP contribution < -0.4 is 10.1 Å². The summed E-state index contributed by atoms with van der Waals surface area (Å²) >= 11 is 0. The highest BCUT2D eigenvalue weighted by molar-refractivity contribution is 5.23. The van der Waals surface area contributed by atoms with Crippen molar-refractivity contribution in [1.29, 1.82) is 0 Å². The first-order valence-electron chi connectivity index (χ1n) is 7.82. The van der Waals surface area contributed by atoms with E-state index in [-0.39, 0.29) is 11.7 Å². The molecule has 0 aromatic carbocycles. The summed E-state index contributed by atoms with van der Waals surface area (Å²) in [5, 5.41) is 3.32. The SMILES string of the molecule is Fc1c(CNC2CC2)ccnc1OCC1CCCCC1. The Kier molecular flexibility index (Phi) is 4.51. The third-order valence-corrected chi connectivity index (χ3v) is 4.28. The van der Waals surface area contributed by atoms with E-state index in [1.165, 1.54) is 44.9 Å². The maximum Gasteiger partial charge on any atom is 0.250 e. The molecule has 0 atom stereocenters. The average Bonchev–Trinajstić information content (AvgIpc) is 3.30. The van der Waals surface area contributed by atoms with Crippen molar-refractivity contribution >= 4 is 0 Å².